The summed E-state index contributed by atoms with van der Waals surface area (Å²) in [5.41, 5.74) is 2.14. The Balaban J connectivity index is 1.45. The lowest BCUT2D eigenvalue weighted by molar-refractivity contribution is 0.145. The molecule has 7 nitrogen and oxygen atoms in total. The highest BCUT2D eigenvalue weighted by Crippen LogP contribution is 2.26. The Bertz CT molecular complexity index is 1060. The number of rotatable bonds is 3. The van der Waals surface area contributed by atoms with Gasteiger partial charge in [0.2, 0.25) is 0 Å². The summed E-state index contributed by atoms with van der Waals surface area (Å²) < 4.78 is 26.8. The van der Waals surface area contributed by atoms with Crippen LogP contribution in [-0.2, 0) is 0 Å². The molecule has 0 saturated carbocycles. The van der Waals surface area contributed by atoms with Crippen molar-refractivity contribution in [2.45, 2.75) is 25.9 Å². The van der Waals surface area contributed by atoms with E-state index in [-0.39, 0.29) is 6.10 Å². The molecule has 1 aliphatic heterocycles. The van der Waals surface area contributed by atoms with Crippen LogP contribution in [0.1, 0.15) is 18.4 Å². The number of aromatic amines is 1. The van der Waals surface area contributed by atoms with Gasteiger partial charge in [0.05, 0.1) is 29.2 Å². The van der Waals surface area contributed by atoms with E-state index in [9.17, 15) is 18.7 Å². The second kappa shape index (κ2) is 7.67. The zero-order chi connectivity index (χ0) is 20.5. The number of benzene rings is 1. The third-order valence-corrected chi connectivity index (χ3v) is 5.04. The minimum Gasteiger partial charge on any atom is -0.393 e. The number of fused-ring (bicyclic) bond motifs is 1. The summed E-state index contributed by atoms with van der Waals surface area (Å²) in [5.74, 6) is -1.11. The number of nitrogens with one attached hydrogen (secondary N) is 3. The number of piperidine rings is 1. The van der Waals surface area contributed by atoms with Gasteiger partial charge in [-0.2, -0.15) is 0 Å². The number of pyridine rings is 1. The van der Waals surface area contributed by atoms with Crippen molar-refractivity contribution in [3.63, 3.8) is 0 Å². The maximum atomic E-state index is 13.5. The minimum atomic E-state index is -0.985. The van der Waals surface area contributed by atoms with Gasteiger partial charge in [0.1, 0.15) is 5.82 Å². The predicted octanol–water partition coefficient (Wildman–Crippen LogP) is 3.75. The van der Waals surface area contributed by atoms with Crippen molar-refractivity contribution in [1.82, 2.24) is 9.97 Å². The molecule has 3 aromatic rings. The predicted molar refractivity (Wildman–Crippen MR) is 107 cm³/mol. The molecule has 0 spiro atoms. The maximum Gasteiger partial charge on any atom is 0.323 e. The van der Waals surface area contributed by atoms with Crippen LogP contribution in [0.2, 0.25) is 0 Å². The molecule has 2 amide bonds. The summed E-state index contributed by atoms with van der Waals surface area (Å²) in [4.78, 5) is 21.7. The van der Waals surface area contributed by atoms with Gasteiger partial charge in [0.25, 0.3) is 0 Å². The molecular formula is C20H21F2N5O2. The lowest BCUT2D eigenvalue weighted by atomic mass is 10.1. The van der Waals surface area contributed by atoms with Crippen LogP contribution in [0.15, 0.2) is 30.6 Å². The molecule has 3 heterocycles. The molecule has 4 rings (SSSR count). The number of amides is 2. The van der Waals surface area contributed by atoms with Crippen LogP contribution in [0.5, 0.6) is 0 Å². The van der Waals surface area contributed by atoms with E-state index in [4.69, 9.17) is 0 Å². The molecular weight excluding hydrogens is 380 g/mol. The average molecular weight is 401 g/mol. The quantitative estimate of drug-likeness (QED) is 0.538. The monoisotopic (exact) mass is 401 g/mol. The first-order chi connectivity index (χ1) is 13.9. The molecule has 0 radical (unpaired) electrons. The van der Waals surface area contributed by atoms with Gasteiger partial charge in [0, 0.05) is 30.7 Å². The Kier molecular flexibility index (Phi) is 5.06. The van der Waals surface area contributed by atoms with E-state index in [1.54, 1.807) is 6.20 Å². The van der Waals surface area contributed by atoms with Gasteiger partial charge in [-0.1, -0.05) is 0 Å². The second-order valence-electron chi connectivity index (χ2n) is 7.18. The number of carbonyl (C=O) groups excluding carboxylic acids is 1. The van der Waals surface area contributed by atoms with Gasteiger partial charge < -0.3 is 25.6 Å². The summed E-state index contributed by atoms with van der Waals surface area (Å²) in [6.45, 7) is 3.38. The highest BCUT2D eigenvalue weighted by molar-refractivity contribution is 6.05. The van der Waals surface area contributed by atoms with Gasteiger partial charge >= 0.3 is 6.03 Å². The lowest BCUT2D eigenvalue weighted by Crippen LogP contribution is -2.36. The van der Waals surface area contributed by atoms with Crippen LogP contribution in [0.4, 0.5) is 30.8 Å². The van der Waals surface area contributed by atoms with Crippen LogP contribution in [0, 0.1) is 18.6 Å². The number of aryl methyl sites for hydroxylation is 1. The summed E-state index contributed by atoms with van der Waals surface area (Å²) in [6.07, 6.45) is 4.19. The molecule has 2 aromatic heterocycles. The van der Waals surface area contributed by atoms with Crippen molar-refractivity contribution < 1.29 is 18.7 Å². The number of aliphatic hydroxyl groups is 1. The Hall–Kier alpha value is -3.20. The van der Waals surface area contributed by atoms with E-state index in [0.29, 0.717) is 35.1 Å². The number of hydrogen-bond donors (Lipinski definition) is 4. The molecule has 9 heteroatoms. The van der Waals surface area contributed by atoms with Crippen LogP contribution >= 0.6 is 0 Å². The number of hydrogen-bond acceptors (Lipinski definition) is 4. The van der Waals surface area contributed by atoms with E-state index in [2.05, 4.69) is 25.5 Å². The Morgan fingerprint density at radius 1 is 1.21 bits per heavy atom. The molecule has 4 N–H and O–H groups in total. The number of aliphatic hydroxyl groups excluding tert-OH is 1. The van der Waals surface area contributed by atoms with Crippen molar-refractivity contribution in [3.8, 4) is 0 Å². The fourth-order valence-corrected chi connectivity index (χ4v) is 3.55. The van der Waals surface area contributed by atoms with Crippen molar-refractivity contribution in [2.24, 2.45) is 0 Å². The van der Waals surface area contributed by atoms with Gasteiger partial charge in [-0.3, -0.25) is 0 Å². The van der Waals surface area contributed by atoms with Gasteiger partial charge in [0.15, 0.2) is 11.6 Å². The molecule has 0 atom stereocenters. The first-order valence-electron chi connectivity index (χ1n) is 9.34. The fraction of sp³-hybridized carbons (Fsp3) is 0.300. The number of halogens is 2. The second-order valence-corrected chi connectivity index (χ2v) is 7.18. The number of aromatic nitrogens is 2. The first-order valence-corrected chi connectivity index (χ1v) is 9.34. The molecule has 1 aliphatic rings. The molecule has 1 saturated heterocycles. The number of anilines is 3. The smallest absolute Gasteiger partial charge is 0.323 e. The molecule has 152 valence electrons. The van der Waals surface area contributed by atoms with Gasteiger partial charge in [-0.05, 0) is 37.5 Å². The zero-order valence-electron chi connectivity index (χ0n) is 15.8. The number of urea groups is 1. The van der Waals surface area contributed by atoms with Crippen molar-refractivity contribution >= 4 is 34.1 Å². The number of carbonyl (C=O) groups is 1. The lowest BCUT2D eigenvalue weighted by Gasteiger charge is -2.31. The number of nitrogens with zero attached hydrogens (tertiary/aromatic N) is 2. The molecule has 0 unspecified atom stereocenters. The summed E-state index contributed by atoms with van der Waals surface area (Å²) in [6, 6.07) is 3.37. The fourth-order valence-electron chi connectivity index (χ4n) is 3.55. The molecule has 29 heavy (non-hydrogen) atoms. The summed E-state index contributed by atoms with van der Waals surface area (Å²) in [5, 5.41) is 15.3. The molecule has 0 aliphatic carbocycles. The largest absolute Gasteiger partial charge is 0.393 e. The standard InChI is InChI=1S/C20H21F2N5O2/c1-11-6-12(9-24-19(11)27-4-2-13(28)3-5-27)25-20(29)26-18-10-23-17-8-16(22)15(21)7-14(17)18/h6-10,13,23,28H,2-5H2,1H3,(H2,25,26,29). The Morgan fingerprint density at radius 3 is 2.66 bits per heavy atom. The third kappa shape index (κ3) is 4.00. The van der Waals surface area contributed by atoms with E-state index in [1.165, 1.54) is 6.20 Å². The Morgan fingerprint density at radius 2 is 1.93 bits per heavy atom. The molecule has 1 aromatic carbocycles. The summed E-state index contributed by atoms with van der Waals surface area (Å²) >= 11 is 0. The number of H-pyrrole nitrogens is 1. The van der Waals surface area contributed by atoms with Crippen LogP contribution in [0.3, 0.4) is 0 Å². The van der Waals surface area contributed by atoms with E-state index in [1.807, 2.05) is 13.0 Å². The van der Waals surface area contributed by atoms with Crippen molar-refractivity contribution in [1.29, 1.82) is 0 Å². The molecule has 1 fully saturated rings. The van der Waals surface area contributed by atoms with Crippen LogP contribution in [-0.4, -0.2) is 40.3 Å². The average Bonchev–Trinajstić information content (AvgIpc) is 3.04. The van der Waals surface area contributed by atoms with Crippen LogP contribution < -0.4 is 15.5 Å². The van der Waals surface area contributed by atoms with Crippen LogP contribution in [0.25, 0.3) is 10.9 Å². The molecule has 0 bridgehead atoms. The van der Waals surface area contributed by atoms with Gasteiger partial charge in [-0.15, -0.1) is 0 Å². The van der Waals surface area contributed by atoms with Crippen molar-refractivity contribution in [3.05, 3.63) is 47.8 Å². The minimum absolute atomic E-state index is 0.259. The van der Waals surface area contributed by atoms with E-state index in [0.717, 1.165) is 36.6 Å². The Labute approximate surface area is 165 Å². The van der Waals surface area contributed by atoms with E-state index >= 15 is 0 Å². The maximum absolute atomic E-state index is 13.5. The zero-order valence-corrected chi connectivity index (χ0v) is 15.8. The third-order valence-electron chi connectivity index (χ3n) is 5.04. The van der Waals surface area contributed by atoms with Gasteiger partial charge in [-0.25, -0.2) is 18.6 Å². The van der Waals surface area contributed by atoms with E-state index < -0.39 is 17.7 Å². The topological polar surface area (TPSA) is 93.3 Å². The van der Waals surface area contributed by atoms with Crippen molar-refractivity contribution in [2.75, 3.05) is 28.6 Å². The SMILES string of the molecule is Cc1cc(NC(=O)Nc2c[nH]c3cc(F)c(F)cc23)cnc1N1CCC(O)CC1. The summed E-state index contributed by atoms with van der Waals surface area (Å²) in [7, 11) is 0. The normalized spacial score (nSPS) is 15.0. The highest BCUT2D eigenvalue weighted by atomic mass is 19.2. The first kappa shape index (κ1) is 19.1. The highest BCUT2D eigenvalue weighted by Gasteiger charge is 2.20.